The van der Waals surface area contributed by atoms with E-state index < -0.39 is 29.6 Å². The molecule has 3 amide bonds. The Balaban J connectivity index is 1.76. The Labute approximate surface area is 223 Å². The van der Waals surface area contributed by atoms with E-state index in [1.54, 1.807) is 6.08 Å². The summed E-state index contributed by atoms with van der Waals surface area (Å²) >= 11 is 0. The standard InChI is InChI=1S/C28H39N3O7/c1-3-10-22(18-24(33)31-28(20-32)14-8-9-15-28)25(34)29-16-17-37-26(35)23(11-4-2)30-27(36)38-19-21-12-6-5-7-13-21/h3-7,12-13,22-23,32H,1-2,8-11,14-20H2,(H,29,34)(H,30,36)(H,31,33)/t22-,23-/m1/s1. The highest BCUT2D eigenvalue weighted by molar-refractivity contribution is 5.86. The Kier molecular flexibility index (Phi) is 13.1. The Bertz CT molecular complexity index is 945. The topological polar surface area (TPSA) is 143 Å². The highest BCUT2D eigenvalue weighted by Crippen LogP contribution is 2.29. The normalized spacial score (nSPS) is 15.4. The van der Waals surface area contributed by atoms with Gasteiger partial charge < -0.3 is 30.5 Å². The first-order valence-corrected chi connectivity index (χ1v) is 12.9. The minimum Gasteiger partial charge on any atom is -0.462 e. The van der Waals surface area contributed by atoms with Gasteiger partial charge in [-0.3, -0.25) is 9.59 Å². The van der Waals surface area contributed by atoms with Crippen LogP contribution in [0.5, 0.6) is 0 Å². The summed E-state index contributed by atoms with van der Waals surface area (Å²) in [5.74, 6) is -2.00. The quantitative estimate of drug-likeness (QED) is 0.146. The van der Waals surface area contributed by atoms with Gasteiger partial charge in [0.25, 0.3) is 0 Å². The van der Waals surface area contributed by atoms with Crippen molar-refractivity contribution in [2.75, 3.05) is 19.8 Å². The molecule has 0 unspecified atom stereocenters. The fourth-order valence-corrected chi connectivity index (χ4v) is 4.29. The average molecular weight is 530 g/mol. The van der Waals surface area contributed by atoms with Crippen molar-refractivity contribution in [1.82, 2.24) is 16.0 Å². The molecule has 1 fully saturated rings. The van der Waals surface area contributed by atoms with E-state index in [2.05, 4.69) is 29.1 Å². The van der Waals surface area contributed by atoms with Crippen LogP contribution in [0.2, 0.25) is 0 Å². The van der Waals surface area contributed by atoms with Crippen LogP contribution in [0, 0.1) is 5.92 Å². The number of hydrogen-bond donors (Lipinski definition) is 4. The number of ether oxygens (including phenoxy) is 2. The zero-order valence-electron chi connectivity index (χ0n) is 21.8. The van der Waals surface area contributed by atoms with Crippen LogP contribution in [-0.2, 0) is 30.5 Å². The summed E-state index contributed by atoms with van der Waals surface area (Å²) in [5.41, 5.74) is 0.199. The zero-order valence-corrected chi connectivity index (χ0v) is 21.8. The van der Waals surface area contributed by atoms with Gasteiger partial charge >= 0.3 is 12.1 Å². The molecule has 0 aliphatic heterocycles. The summed E-state index contributed by atoms with van der Waals surface area (Å²) in [6, 6.07) is 8.13. The molecule has 1 aliphatic rings. The van der Waals surface area contributed by atoms with Gasteiger partial charge in [0.05, 0.1) is 24.6 Å². The van der Waals surface area contributed by atoms with Crippen LogP contribution < -0.4 is 16.0 Å². The smallest absolute Gasteiger partial charge is 0.408 e. The van der Waals surface area contributed by atoms with Crippen LogP contribution in [0.1, 0.15) is 50.5 Å². The molecule has 2 rings (SSSR count). The van der Waals surface area contributed by atoms with Gasteiger partial charge in [-0.15, -0.1) is 13.2 Å². The van der Waals surface area contributed by atoms with Gasteiger partial charge in [-0.05, 0) is 31.2 Å². The van der Waals surface area contributed by atoms with E-state index in [0.717, 1.165) is 18.4 Å². The predicted molar refractivity (Wildman–Crippen MR) is 142 cm³/mol. The third-order valence-corrected chi connectivity index (χ3v) is 6.36. The summed E-state index contributed by atoms with van der Waals surface area (Å²) in [6.45, 7) is 7.08. The molecule has 1 saturated carbocycles. The van der Waals surface area contributed by atoms with Gasteiger partial charge in [0, 0.05) is 6.42 Å². The van der Waals surface area contributed by atoms with Crippen LogP contribution >= 0.6 is 0 Å². The molecular weight excluding hydrogens is 490 g/mol. The number of amides is 3. The molecule has 2 atom stereocenters. The molecule has 1 aromatic rings. The number of allylic oxidation sites excluding steroid dienone is 1. The molecule has 0 bridgehead atoms. The second kappa shape index (κ2) is 16.2. The highest BCUT2D eigenvalue weighted by Gasteiger charge is 2.35. The van der Waals surface area contributed by atoms with Crippen molar-refractivity contribution in [3.63, 3.8) is 0 Å². The number of alkyl carbamates (subject to hydrolysis) is 1. The van der Waals surface area contributed by atoms with Crippen molar-refractivity contribution in [1.29, 1.82) is 0 Å². The molecule has 10 nitrogen and oxygen atoms in total. The fraction of sp³-hybridized carbons (Fsp3) is 0.500. The van der Waals surface area contributed by atoms with E-state index in [9.17, 15) is 24.3 Å². The third kappa shape index (κ3) is 10.4. The Hall–Kier alpha value is -3.66. The lowest BCUT2D eigenvalue weighted by Gasteiger charge is -2.28. The molecule has 0 heterocycles. The number of carbonyl (C=O) groups is 4. The lowest BCUT2D eigenvalue weighted by molar-refractivity contribution is -0.146. The second-order valence-electron chi connectivity index (χ2n) is 9.36. The van der Waals surface area contributed by atoms with Crippen LogP contribution in [0.3, 0.4) is 0 Å². The maximum absolute atomic E-state index is 12.7. The number of nitrogens with one attached hydrogen (secondary N) is 3. The average Bonchev–Trinajstić information content (AvgIpc) is 3.38. The lowest BCUT2D eigenvalue weighted by atomic mass is 9.96. The van der Waals surface area contributed by atoms with E-state index in [-0.39, 0.29) is 51.0 Å². The van der Waals surface area contributed by atoms with Crippen LogP contribution in [-0.4, -0.2) is 60.3 Å². The number of esters is 1. The van der Waals surface area contributed by atoms with E-state index in [1.165, 1.54) is 6.08 Å². The van der Waals surface area contributed by atoms with Crippen LogP contribution in [0.15, 0.2) is 55.6 Å². The minimum atomic E-state index is -0.988. The minimum absolute atomic E-state index is 0.0275. The summed E-state index contributed by atoms with van der Waals surface area (Å²) in [6.07, 6.45) is 5.96. The zero-order chi connectivity index (χ0) is 27.8. The van der Waals surface area contributed by atoms with E-state index in [4.69, 9.17) is 9.47 Å². The molecule has 0 radical (unpaired) electrons. The number of aliphatic hydroxyl groups excluding tert-OH is 1. The Morgan fingerprint density at radius 1 is 1.03 bits per heavy atom. The fourth-order valence-electron chi connectivity index (χ4n) is 4.29. The Morgan fingerprint density at radius 3 is 2.34 bits per heavy atom. The first kappa shape index (κ1) is 30.6. The van der Waals surface area contributed by atoms with Gasteiger partial charge in [-0.1, -0.05) is 55.3 Å². The molecule has 0 spiro atoms. The van der Waals surface area contributed by atoms with Crippen molar-refractivity contribution in [2.45, 2.75) is 63.1 Å². The number of rotatable bonds is 16. The molecule has 10 heteroatoms. The Morgan fingerprint density at radius 2 is 1.71 bits per heavy atom. The van der Waals surface area contributed by atoms with E-state index in [1.807, 2.05) is 30.3 Å². The maximum Gasteiger partial charge on any atom is 0.408 e. The van der Waals surface area contributed by atoms with E-state index >= 15 is 0 Å². The van der Waals surface area contributed by atoms with Crippen LogP contribution in [0.4, 0.5) is 4.79 Å². The SMILES string of the molecule is C=CC[C@H](CC(=O)NC1(CO)CCCC1)C(=O)NCCOC(=O)[C@@H](CC=C)NC(=O)OCc1ccccc1. The second-order valence-corrected chi connectivity index (χ2v) is 9.36. The first-order chi connectivity index (χ1) is 18.3. The van der Waals surface area contributed by atoms with Gasteiger partial charge in [-0.25, -0.2) is 9.59 Å². The highest BCUT2D eigenvalue weighted by atomic mass is 16.6. The van der Waals surface area contributed by atoms with Gasteiger partial charge in [0.15, 0.2) is 0 Å². The number of benzene rings is 1. The maximum atomic E-state index is 12.7. The number of aliphatic hydroxyl groups is 1. The predicted octanol–water partition coefficient (Wildman–Crippen LogP) is 2.52. The van der Waals surface area contributed by atoms with Crippen molar-refractivity contribution < 1.29 is 33.8 Å². The summed E-state index contributed by atoms with van der Waals surface area (Å²) in [4.78, 5) is 49.8. The third-order valence-electron chi connectivity index (χ3n) is 6.36. The summed E-state index contributed by atoms with van der Waals surface area (Å²) in [7, 11) is 0. The summed E-state index contributed by atoms with van der Waals surface area (Å²) in [5, 5.41) is 17.7. The van der Waals surface area contributed by atoms with Crippen molar-refractivity contribution >= 4 is 23.9 Å². The molecule has 4 N–H and O–H groups in total. The van der Waals surface area contributed by atoms with Crippen molar-refractivity contribution in [2.24, 2.45) is 5.92 Å². The first-order valence-electron chi connectivity index (χ1n) is 12.9. The number of hydrogen-bond acceptors (Lipinski definition) is 7. The summed E-state index contributed by atoms with van der Waals surface area (Å²) < 4.78 is 10.4. The largest absolute Gasteiger partial charge is 0.462 e. The molecular formula is C28H39N3O7. The van der Waals surface area contributed by atoms with Gasteiger partial charge in [-0.2, -0.15) is 0 Å². The molecule has 38 heavy (non-hydrogen) atoms. The molecule has 0 aromatic heterocycles. The van der Waals surface area contributed by atoms with E-state index in [0.29, 0.717) is 19.3 Å². The molecule has 208 valence electrons. The van der Waals surface area contributed by atoms with Crippen LogP contribution in [0.25, 0.3) is 0 Å². The van der Waals surface area contributed by atoms with Gasteiger partial charge in [0.1, 0.15) is 19.3 Å². The molecule has 0 saturated heterocycles. The molecule has 1 aromatic carbocycles. The van der Waals surface area contributed by atoms with Crippen molar-refractivity contribution in [3.05, 3.63) is 61.2 Å². The monoisotopic (exact) mass is 529 g/mol. The van der Waals surface area contributed by atoms with Gasteiger partial charge in [0.2, 0.25) is 11.8 Å². The molecule has 1 aliphatic carbocycles. The van der Waals surface area contributed by atoms with Crippen molar-refractivity contribution in [3.8, 4) is 0 Å². The lowest BCUT2D eigenvalue weighted by Crippen LogP contribution is -2.50. The number of carbonyl (C=O) groups excluding carboxylic acids is 4.